The van der Waals surface area contributed by atoms with Gasteiger partial charge in [0.05, 0.1) is 24.0 Å². The molecule has 34 heavy (non-hydrogen) atoms. The van der Waals surface area contributed by atoms with Crippen LogP contribution in [0, 0.1) is 11.6 Å². The highest BCUT2D eigenvalue weighted by molar-refractivity contribution is 6.03. The zero-order chi connectivity index (χ0) is 23.5. The molecule has 5 rings (SSSR count). The molecule has 2 aliphatic heterocycles. The first-order chi connectivity index (χ1) is 16.6. The van der Waals surface area contributed by atoms with E-state index in [9.17, 15) is 13.6 Å². The van der Waals surface area contributed by atoms with Gasteiger partial charge in [-0.15, -0.1) is 0 Å². The summed E-state index contributed by atoms with van der Waals surface area (Å²) < 4.78 is 27.5. The number of para-hydroxylation sites is 1. The highest BCUT2D eigenvalue weighted by Gasteiger charge is 2.34. The van der Waals surface area contributed by atoms with Gasteiger partial charge in [0.2, 0.25) is 0 Å². The zero-order valence-corrected chi connectivity index (χ0v) is 18.8. The van der Waals surface area contributed by atoms with E-state index in [0.29, 0.717) is 38.3 Å². The smallest absolute Gasteiger partial charge is 0.257 e. The molecular weight excluding hydrogens is 434 g/mol. The van der Waals surface area contributed by atoms with E-state index in [4.69, 9.17) is 0 Å². The highest BCUT2D eigenvalue weighted by Crippen LogP contribution is 2.33. The van der Waals surface area contributed by atoms with Crippen LogP contribution in [0.4, 0.5) is 14.5 Å². The predicted molar refractivity (Wildman–Crippen MR) is 129 cm³/mol. The van der Waals surface area contributed by atoms with Gasteiger partial charge in [-0.25, -0.2) is 13.8 Å². The molecule has 2 aliphatic rings. The van der Waals surface area contributed by atoms with Crippen molar-refractivity contribution in [2.75, 3.05) is 37.6 Å². The fourth-order valence-corrected chi connectivity index (χ4v) is 4.61. The molecule has 0 aromatic heterocycles. The van der Waals surface area contributed by atoms with Crippen molar-refractivity contribution in [2.45, 2.75) is 12.5 Å². The van der Waals surface area contributed by atoms with Crippen LogP contribution in [0.15, 0.2) is 84.0 Å². The first-order valence-corrected chi connectivity index (χ1v) is 11.5. The second kappa shape index (κ2) is 9.73. The second-order valence-electron chi connectivity index (χ2n) is 8.64. The first kappa shape index (κ1) is 22.2. The van der Waals surface area contributed by atoms with Crippen LogP contribution < -0.4 is 4.90 Å². The van der Waals surface area contributed by atoms with E-state index in [1.165, 1.54) is 18.2 Å². The largest absolute Gasteiger partial charge is 0.367 e. The van der Waals surface area contributed by atoms with E-state index in [0.717, 1.165) is 16.8 Å². The molecular formula is C27H26F2N4O. The Hall–Kier alpha value is -3.58. The van der Waals surface area contributed by atoms with Gasteiger partial charge in [-0.1, -0.05) is 54.6 Å². The van der Waals surface area contributed by atoms with Crippen LogP contribution in [0.3, 0.4) is 0 Å². The summed E-state index contributed by atoms with van der Waals surface area (Å²) in [5.74, 6) is -0.604. The predicted octanol–water partition coefficient (Wildman–Crippen LogP) is 4.46. The number of carbonyl (C=O) groups is 1. The second-order valence-corrected chi connectivity index (χ2v) is 8.64. The number of hydrazone groups is 1. The fraction of sp³-hybridized carbons (Fsp3) is 0.259. The summed E-state index contributed by atoms with van der Waals surface area (Å²) in [6.45, 7) is 2.88. The normalized spacial score (nSPS) is 18.8. The number of rotatable bonds is 5. The van der Waals surface area contributed by atoms with Crippen molar-refractivity contribution in [1.82, 2.24) is 9.91 Å². The fourth-order valence-electron chi connectivity index (χ4n) is 4.61. The molecule has 5 nitrogen and oxygen atoms in total. The van der Waals surface area contributed by atoms with Gasteiger partial charge >= 0.3 is 0 Å². The third-order valence-corrected chi connectivity index (χ3v) is 6.45. The van der Waals surface area contributed by atoms with Crippen molar-refractivity contribution in [3.8, 4) is 0 Å². The summed E-state index contributed by atoms with van der Waals surface area (Å²) in [6, 6.07) is 22.7. The van der Waals surface area contributed by atoms with E-state index >= 15 is 0 Å². The summed E-state index contributed by atoms with van der Waals surface area (Å²) >= 11 is 0. The van der Waals surface area contributed by atoms with Crippen molar-refractivity contribution in [3.05, 3.63) is 102 Å². The van der Waals surface area contributed by atoms with Crippen LogP contribution in [0.25, 0.3) is 0 Å². The Morgan fingerprint density at radius 3 is 2.24 bits per heavy atom. The minimum atomic E-state index is -0.301. The first-order valence-electron chi connectivity index (χ1n) is 11.5. The number of anilines is 1. The number of carbonyl (C=O) groups excluding carboxylic acids is 1. The third kappa shape index (κ3) is 4.70. The number of hydrogen-bond donors (Lipinski definition) is 0. The van der Waals surface area contributed by atoms with Gasteiger partial charge in [0.15, 0.2) is 0 Å². The molecule has 0 bridgehead atoms. The van der Waals surface area contributed by atoms with Crippen LogP contribution in [0.5, 0.6) is 0 Å². The molecule has 1 fully saturated rings. The van der Waals surface area contributed by atoms with E-state index in [1.807, 2.05) is 41.3 Å². The molecule has 0 N–H and O–H groups in total. The lowest BCUT2D eigenvalue weighted by atomic mass is 9.98. The summed E-state index contributed by atoms with van der Waals surface area (Å²) in [5.41, 5.74) is 3.20. The summed E-state index contributed by atoms with van der Waals surface area (Å²) in [4.78, 5) is 17.5. The molecule has 1 atom stereocenters. The topological polar surface area (TPSA) is 39.2 Å². The van der Waals surface area contributed by atoms with Gasteiger partial charge in [0.25, 0.3) is 5.91 Å². The SMILES string of the molecule is O=C(CN1CCN(c2ccccc2F)CC1)N1N=C(c2ccc(F)cc2)C[C@@H]1c1ccccc1. The molecule has 2 heterocycles. The Labute approximate surface area is 197 Å². The van der Waals surface area contributed by atoms with Crippen LogP contribution in [0.1, 0.15) is 23.6 Å². The van der Waals surface area contributed by atoms with E-state index in [-0.39, 0.29) is 30.1 Å². The molecule has 0 radical (unpaired) electrons. The Morgan fingerprint density at radius 2 is 1.53 bits per heavy atom. The third-order valence-electron chi connectivity index (χ3n) is 6.45. The highest BCUT2D eigenvalue weighted by atomic mass is 19.1. The molecule has 0 unspecified atom stereocenters. The summed E-state index contributed by atoms with van der Waals surface area (Å²) in [6.07, 6.45) is 0.572. The molecule has 1 saturated heterocycles. The van der Waals surface area contributed by atoms with Crippen LogP contribution in [-0.2, 0) is 4.79 Å². The van der Waals surface area contributed by atoms with E-state index in [2.05, 4.69) is 10.0 Å². The monoisotopic (exact) mass is 460 g/mol. The maximum absolute atomic E-state index is 14.1. The molecule has 0 aliphatic carbocycles. The lowest BCUT2D eigenvalue weighted by molar-refractivity contribution is -0.134. The van der Waals surface area contributed by atoms with Crippen molar-refractivity contribution in [3.63, 3.8) is 0 Å². The Balaban J connectivity index is 1.29. The molecule has 3 aromatic rings. The lowest BCUT2D eigenvalue weighted by Crippen LogP contribution is -2.49. The lowest BCUT2D eigenvalue weighted by Gasteiger charge is -2.36. The average Bonchev–Trinajstić information content (AvgIpc) is 3.32. The standard InChI is InChI=1S/C27H26F2N4O/c28-22-12-10-20(11-13-22)24-18-26(21-6-2-1-3-7-21)33(30-24)27(34)19-31-14-16-32(17-15-31)25-9-5-4-8-23(25)29/h1-13,26H,14-19H2/t26-/m1/s1. The summed E-state index contributed by atoms with van der Waals surface area (Å²) in [7, 11) is 0. The number of amides is 1. The van der Waals surface area contributed by atoms with Gasteiger partial charge in [-0.2, -0.15) is 5.10 Å². The molecule has 1 amide bonds. The van der Waals surface area contributed by atoms with Gasteiger partial charge in [-0.3, -0.25) is 9.69 Å². The minimum absolute atomic E-state index is 0.0784. The summed E-state index contributed by atoms with van der Waals surface area (Å²) in [5, 5.41) is 6.26. The Morgan fingerprint density at radius 1 is 0.853 bits per heavy atom. The van der Waals surface area contributed by atoms with Crippen LogP contribution >= 0.6 is 0 Å². The molecule has 174 valence electrons. The minimum Gasteiger partial charge on any atom is -0.367 e. The van der Waals surface area contributed by atoms with Crippen LogP contribution in [-0.4, -0.2) is 54.3 Å². The number of hydrogen-bond acceptors (Lipinski definition) is 4. The number of halogens is 2. The van der Waals surface area contributed by atoms with E-state index in [1.54, 1.807) is 29.3 Å². The van der Waals surface area contributed by atoms with Gasteiger partial charge in [0.1, 0.15) is 11.6 Å². The maximum atomic E-state index is 14.1. The van der Waals surface area contributed by atoms with Gasteiger partial charge < -0.3 is 4.90 Å². The average molecular weight is 461 g/mol. The number of piperazine rings is 1. The molecule has 3 aromatic carbocycles. The zero-order valence-electron chi connectivity index (χ0n) is 18.8. The molecule has 7 heteroatoms. The van der Waals surface area contributed by atoms with Crippen molar-refractivity contribution >= 4 is 17.3 Å². The van der Waals surface area contributed by atoms with Gasteiger partial charge in [-0.05, 0) is 35.4 Å². The Kier molecular flexibility index (Phi) is 6.36. The van der Waals surface area contributed by atoms with Crippen molar-refractivity contribution < 1.29 is 13.6 Å². The number of nitrogens with zero attached hydrogens (tertiary/aromatic N) is 4. The maximum Gasteiger partial charge on any atom is 0.257 e. The van der Waals surface area contributed by atoms with Crippen molar-refractivity contribution in [1.29, 1.82) is 0 Å². The molecule has 0 saturated carbocycles. The van der Waals surface area contributed by atoms with Crippen LogP contribution in [0.2, 0.25) is 0 Å². The quantitative estimate of drug-likeness (QED) is 0.564. The Bertz CT molecular complexity index is 1170. The molecule has 0 spiro atoms. The van der Waals surface area contributed by atoms with Crippen molar-refractivity contribution in [2.24, 2.45) is 5.10 Å². The van der Waals surface area contributed by atoms with Gasteiger partial charge in [0, 0.05) is 32.6 Å². The number of benzene rings is 3. The van der Waals surface area contributed by atoms with E-state index < -0.39 is 0 Å².